The number of benzene rings is 2. The van der Waals surface area contributed by atoms with Crippen LogP contribution in [0.1, 0.15) is 5.56 Å². The minimum absolute atomic E-state index is 0.254. The molecular formula is C15H10I4NO4Tl. The molecule has 0 aromatic heterocycles. The van der Waals surface area contributed by atoms with E-state index in [0.29, 0.717) is 38.2 Å². The summed E-state index contributed by atoms with van der Waals surface area (Å²) in [4.78, 5) is 11.2. The average molecular weight is 980 g/mol. The molecule has 0 fully saturated rings. The van der Waals surface area contributed by atoms with Gasteiger partial charge in [-0.15, -0.1) is 0 Å². The van der Waals surface area contributed by atoms with E-state index in [1.165, 1.54) is 0 Å². The number of aliphatic carboxylic acids is 1. The summed E-state index contributed by atoms with van der Waals surface area (Å²) in [6.45, 7) is 0. The molecule has 0 aliphatic rings. The number of carboxylic acids is 1. The molecule has 0 heterocycles. The Hall–Kier alpha value is 1.31. The summed E-state index contributed by atoms with van der Waals surface area (Å²) in [5, 5.41) is 19.1. The molecule has 2 rings (SSSR count). The number of carbonyl (C=O) groups is 1. The van der Waals surface area contributed by atoms with Gasteiger partial charge in [0, 0.05) is 0 Å². The van der Waals surface area contributed by atoms with Gasteiger partial charge in [-0.1, -0.05) is 0 Å². The zero-order valence-corrected chi connectivity index (χ0v) is 25.5. The normalized spacial score (nSPS) is 12.0. The zero-order chi connectivity index (χ0) is 18.7. The summed E-state index contributed by atoms with van der Waals surface area (Å²) in [5.41, 5.74) is 0.955. The van der Waals surface area contributed by atoms with Crippen molar-refractivity contribution in [1.29, 1.82) is 0 Å². The topological polar surface area (TPSA) is 78.8 Å². The molecule has 1 unspecified atom stereocenters. The Morgan fingerprint density at radius 2 is 1.60 bits per heavy atom. The van der Waals surface area contributed by atoms with Crippen molar-refractivity contribution in [3.05, 3.63) is 44.1 Å². The number of aromatic hydroxyl groups is 1. The summed E-state index contributed by atoms with van der Waals surface area (Å²) >= 11 is 8.95. The van der Waals surface area contributed by atoms with Crippen molar-refractivity contribution < 1.29 is 19.7 Å². The summed E-state index contributed by atoms with van der Waals surface area (Å²) in [7, 11) is 0. The van der Waals surface area contributed by atoms with Crippen LogP contribution < -0.4 is 7.86 Å². The van der Waals surface area contributed by atoms with Crippen LogP contribution >= 0.6 is 90.4 Å². The average Bonchev–Trinajstić information content (AvgIpc) is 2.53. The van der Waals surface area contributed by atoms with Crippen LogP contribution in [0.5, 0.6) is 17.2 Å². The summed E-state index contributed by atoms with van der Waals surface area (Å²) in [6, 6.07) is 6.92. The summed E-state index contributed by atoms with van der Waals surface area (Å²) in [6.07, 6.45) is 0.438. The number of phenolic OH excluding ortho intramolecular Hbond substituents is 1. The number of hydrogen-bond donors (Lipinski definition) is 3. The first-order chi connectivity index (χ1) is 11.7. The van der Waals surface area contributed by atoms with E-state index >= 15 is 0 Å². The summed E-state index contributed by atoms with van der Waals surface area (Å²) in [5.74, 6) is 0.807. The monoisotopic (exact) mass is 981 g/mol. The van der Waals surface area contributed by atoms with Crippen molar-refractivity contribution in [1.82, 2.24) is 3.13 Å². The van der Waals surface area contributed by atoms with E-state index in [4.69, 9.17) is 4.74 Å². The van der Waals surface area contributed by atoms with Crippen molar-refractivity contribution in [3.8, 4) is 17.2 Å². The molecule has 5 nitrogen and oxygen atoms in total. The first kappa shape index (κ1) is 22.6. The van der Waals surface area contributed by atoms with Crippen molar-refractivity contribution in [2.45, 2.75) is 12.5 Å². The van der Waals surface area contributed by atoms with Gasteiger partial charge in [0.25, 0.3) is 0 Å². The predicted octanol–water partition coefficient (Wildman–Crippen LogP) is 4.27. The molecule has 0 amide bonds. The van der Waals surface area contributed by atoms with Gasteiger partial charge in [-0.05, 0) is 0 Å². The quantitative estimate of drug-likeness (QED) is 0.298. The predicted molar refractivity (Wildman–Crippen MR) is 130 cm³/mol. The van der Waals surface area contributed by atoms with Crippen LogP contribution in [0.15, 0.2) is 24.3 Å². The van der Waals surface area contributed by atoms with Gasteiger partial charge >= 0.3 is 214 Å². The van der Waals surface area contributed by atoms with E-state index in [-0.39, 0.29) is 5.75 Å². The molecule has 0 aliphatic heterocycles. The van der Waals surface area contributed by atoms with Crippen LogP contribution in [-0.4, -0.2) is 48.3 Å². The maximum absolute atomic E-state index is 11.2. The Bertz CT molecular complexity index is 772. The fourth-order valence-corrected chi connectivity index (χ4v) is 6.84. The Morgan fingerprint density at radius 3 is 2.04 bits per heavy atom. The van der Waals surface area contributed by atoms with E-state index < -0.39 is 12.0 Å². The second-order valence-corrected chi connectivity index (χ2v) is 10.9. The molecule has 2 aromatic carbocycles. The van der Waals surface area contributed by atoms with Crippen LogP contribution in [0.25, 0.3) is 0 Å². The standard InChI is InChI=1S/C15H10I4NO4.Tl/c16-8-4-7(5-9(17)13(8)21)24-14-10(18)1-6(2-11(14)19)3-12(20)15(22)23;/h1-2,4-5,12,20-21H,3H2,(H,22,23);/q-1;+1. The molecule has 3 N–H and O–H groups in total. The van der Waals surface area contributed by atoms with Gasteiger partial charge in [0.1, 0.15) is 0 Å². The van der Waals surface area contributed by atoms with E-state index in [9.17, 15) is 15.0 Å². The molecule has 2 aromatic rings. The number of hydrogen-bond acceptors (Lipinski definition) is 4. The first-order valence-electron chi connectivity index (χ1n) is 6.75. The third-order valence-corrected chi connectivity index (χ3v) is 8.02. The molecule has 10 heteroatoms. The minimum atomic E-state index is -0.832. The van der Waals surface area contributed by atoms with Gasteiger partial charge < -0.3 is 5.11 Å². The van der Waals surface area contributed by atoms with Gasteiger partial charge in [-0.3, -0.25) is 0 Å². The Morgan fingerprint density at radius 1 is 1.08 bits per heavy atom. The first-order valence-corrected chi connectivity index (χ1v) is 13.3. The molecular weight excluding hydrogens is 970 g/mol. The fraction of sp³-hybridized carbons (Fsp3) is 0.133. The molecule has 25 heavy (non-hydrogen) atoms. The Labute approximate surface area is 215 Å². The molecule has 1 atom stereocenters. The number of rotatable bonds is 6. The molecule has 0 aliphatic carbocycles. The van der Waals surface area contributed by atoms with Crippen molar-refractivity contribution in [3.63, 3.8) is 0 Å². The van der Waals surface area contributed by atoms with E-state index in [0.717, 1.165) is 25.6 Å². The van der Waals surface area contributed by atoms with Crippen LogP contribution in [-0.2, 0) is 11.2 Å². The molecule has 130 valence electrons. The van der Waals surface area contributed by atoms with E-state index in [1.54, 1.807) is 12.1 Å². The molecule has 0 bridgehead atoms. The van der Waals surface area contributed by atoms with Gasteiger partial charge in [0.15, 0.2) is 0 Å². The third-order valence-electron chi connectivity index (χ3n) is 3.21. The van der Waals surface area contributed by atoms with Crippen LogP contribution in [0.4, 0.5) is 0 Å². The van der Waals surface area contributed by atoms with Gasteiger partial charge in [-0.2, -0.15) is 0 Å². The molecule has 0 saturated heterocycles. The van der Waals surface area contributed by atoms with Crippen molar-refractivity contribution >= 4 is 122 Å². The number of nitrogens with one attached hydrogen (secondary N) is 1. The second-order valence-electron chi connectivity index (χ2n) is 4.99. The van der Waals surface area contributed by atoms with Crippen molar-refractivity contribution in [2.75, 3.05) is 0 Å². The fourth-order valence-electron chi connectivity index (χ4n) is 2.00. The third kappa shape index (κ3) is 6.15. The Balaban J connectivity index is 2.30. The molecule has 0 spiro atoms. The van der Waals surface area contributed by atoms with Crippen LogP contribution in [0, 0.1) is 14.3 Å². The van der Waals surface area contributed by atoms with Crippen LogP contribution in [0.2, 0.25) is 0 Å². The van der Waals surface area contributed by atoms with Crippen molar-refractivity contribution in [2.24, 2.45) is 0 Å². The number of halogens is 4. The zero-order valence-electron chi connectivity index (χ0n) is 12.4. The SMILES string of the molecule is O=C(O)C(Cc1cc(I)c(Oc2cc(I)c(O)c(I)c2)c(I)c1)[NH][Tl]. The van der Waals surface area contributed by atoms with E-state index in [1.807, 2.05) is 12.1 Å². The van der Waals surface area contributed by atoms with Gasteiger partial charge in [-0.25, -0.2) is 0 Å². The maximum atomic E-state index is 11.2. The number of ether oxygens (including phenoxy) is 1. The van der Waals surface area contributed by atoms with Gasteiger partial charge in [0.05, 0.1) is 0 Å². The molecule has 0 saturated carbocycles. The van der Waals surface area contributed by atoms with E-state index in [2.05, 4.69) is 93.5 Å². The number of carboxylic acid groups (broad SMARTS) is 1. The molecule has 0 radical (unpaired) electrons. The summed E-state index contributed by atoms with van der Waals surface area (Å²) < 4.78 is 12.3. The second kappa shape index (κ2) is 10.2. The number of phenols is 1. The Kier molecular flexibility index (Phi) is 9.21. The van der Waals surface area contributed by atoms with Crippen LogP contribution in [0.3, 0.4) is 0 Å². The van der Waals surface area contributed by atoms with Gasteiger partial charge in [0.2, 0.25) is 0 Å².